The summed E-state index contributed by atoms with van der Waals surface area (Å²) in [6.07, 6.45) is 1.73. The van der Waals surface area contributed by atoms with Crippen molar-refractivity contribution in [2.24, 2.45) is 0 Å². The first-order valence-corrected chi connectivity index (χ1v) is 9.58. The van der Waals surface area contributed by atoms with Crippen LogP contribution in [0.3, 0.4) is 0 Å². The molecular weight excluding hydrogens is 407 g/mol. The number of aromatic hydroxyl groups is 1. The minimum atomic E-state index is -0.616. The van der Waals surface area contributed by atoms with Gasteiger partial charge < -0.3 is 9.84 Å². The van der Waals surface area contributed by atoms with Crippen molar-refractivity contribution in [3.8, 4) is 11.5 Å². The molecule has 0 amide bonds. The molecule has 0 bridgehead atoms. The van der Waals surface area contributed by atoms with E-state index in [1.807, 2.05) is 42.5 Å². The van der Waals surface area contributed by atoms with Crippen molar-refractivity contribution in [1.82, 2.24) is 0 Å². The van der Waals surface area contributed by atoms with Gasteiger partial charge in [-0.2, -0.15) is 0 Å². The summed E-state index contributed by atoms with van der Waals surface area (Å²) in [5.41, 5.74) is 5.07. The number of hydrogen-bond acceptors (Lipinski definition) is 2. The number of rotatable bonds is 4. The topological polar surface area (TPSA) is 29.5 Å². The summed E-state index contributed by atoms with van der Waals surface area (Å²) in [5.74, 6) is -0.127. The molecule has 0 aliphatic heterocycles. The fraction of sp³-hybridized carbons (Fsp3) is 0.130. The van der Waals surface area contributed by atoms with Crippen molar-refractivity contribution < 1.29 is 14.2 Å². The van der Waals surface area contributed by atoms with E-state index < -0.39 is 5.82 Å². The van der Waals surface area contributed by atoms with Crippen LogP contribution < -0.4 is 4.74 Å². The molecule has 0 heterocycles. The summed E-state index contributed by atoms with van der Waals surface area (Å²) < 4.78 is 20.8. The fourth-order valence-electron chi connectivity index (χ4n) is 3.34. The first kappa shape index (κ1) is 17.8. The summed E-state index contributed by atoms with van der Waals surface area (Å²) in [7, 11) is 0. The zero-order chi connectivity index (χ0) is 18.8. The molecule has 1 aliphatic carbocycles. The zero-order valence-electron chi connectivity index (χ0n) is 14.6. The Morgan fingerprint density at radius 1 is 0.963 bits per heavy atom. The fourth-order valence-corrected chi connectivity index (χ4v) is 3.98. The van der Waals surface area contributed by atoms with Crippen LogP contribution in [0.25, 0.3) is 5.57 Å². The average Bonchev–Trinajstić information content (AvgIpc) is 2.69. The van der Waals surface area contributed by atoms with Gasteiger partial charge in [0.2, 0.25) is 0 Å². The van der Waals surface area contributed by atoms with Gasteiger partial charge in [0.15, 0.2) is 11.6 Å². The van der Waals surface area contributed by atoms with E-state index in [0.717, 1.165) is 45.3 Å². The van der Waals surface area contributed by atoms with Crippen LogP contribution in [0.4, 0.5) is 4.39 Å². The number of phenolic OH excluding ortho intramolecular Hbond substituents is 1. The van der Waals surface area contributed by atoms with Crippen molar-refractivity contribution in [3.63, 3.8) is 0 Å². The van der Waals surface area contributed by atoms with E-state index in [4.69, 9.17) is 4.74 Å². The Labute approximate surface area is 166 Å². The highest BCUT2D eigenvalue weighted by Gasteiger charge is 2.20. The number of hydrogen-bond donors (Lipinski definition) is 1. The van der Waals surface area contributed by atoms with E-state index in [9.17, 15) is 9.50 Å². The van der Waals surface area contributed by atoms with Gasteiger partial charge in [0.05, 0.1) is 0 Å². The minimum absolute atomic E-state index is 0.337. The zero-order valence-corrected chi connectivity index (χ0v) is 16.2. The highest BCUT2D eigenvalue weighted by molar-refractivity contribution is 9.11. The van der Waals surface area contributed by atoms with Gasteiger partial charge in [0, 0.05) is 4.48 Å². The molecule has 4 heteroatoms. The molecule has 27 heavy (non-hydrogen) atoms. The molecule has 136 valence electrons. The monoisotopic (exact) mass is 424 g/mol. The number of aryl methyl sites for hydroxylation is 1. The van der Waals surface area contributed by atoms with Crippen LogP contribution in [-0.2, 0) is 13.0 Å². The van der Waals surface area contributed by atoms with E-state index >= 15 is 0 Å². The molecule has 0 fully saturated rings. The van der Waals surface area contributed by atoms with Crippen molar-refractivity contribution in [2.45, 2.75) is 19.4 Å². The molecule has 2 nitrogen and oxygen atoms in total. The van der Waals surface area contributed by atoms with Gasteiger partial charge in [-0.05, 0) is 64.9 Å². The van der Waals surface area contributed by atoms with Gasteiger partial charge in [0.25, 0.3) is 0 Å². The summed E-state index contributed by atoms with van der Waals surface area (Å²) in [5, 5.41) is 9.47. The second-order valence-electron chi connectivity index (χ2n) is 6.54. The highest BCUT2D eigenvalue weighted by atomic mass is 79.9. The lowest BCUT2D eigenvalue weighted by Gasteiger charge is -2.22. The Morgan fingerprint density at radius 3 is 2.56 bits per heavy atom. The summed E-state index contributed by atoms with van der Waals surface area (Å²) >= 11 is 3.65. The lowest BCUT2D eigenvalue weighted by atomic mass is 9.86. The molecule has 1 aliphatic rings. The largest absolute Gasteiger partial charge is 0.505 e. The third-order valence-electron chi connectivity index (χ3n) is 4.72. The van der Waals surface area contributed by atoms with Gasteiger partial charge in [-0.15, -0.1) is 0 Å². The molecule has 4 rings (SSSR count). The van der Waals surface area contributed by atoms with Crippen LogP contribution in [0.2, 0.25) is 0 Å². The molecule has 0 aromatic heterocycles. The van der Waals surface area contributed by atoms with E-state index in [2.05, 4.69) is 22.0 Å². The van der Waals surface area contributed by atoms with Crippen LogP contribution >= 0.6 is 15.9 Å². The van der Waals surface area contributed by atoms with Gasteiger partial charge >= 0.3 is 0 Å². The minimum Gasteiger partial charge on any atom is -0.505 e. The molecule has 0 unspecified atom stereocenters. The Bertz CT molecular complexity index is 1010. The molecule has 0 saturated carbocycles. The number of allylic oxidation sites excluding steroid dienone is 1. The maximum absolute atomic E-state index is 13.9. The maximum Gasteiger partial charge on any atom is 0.165 e. The Kier molecular flexibility index (Phi) is 4.99. The van der Waals surface area contributed by atoms with Crippen LogP contribution in [0, 0.1) is 5.82 Å². The van der Waals surface area contributed by atoms with Gasteiger partial charge in [-0.3, -0.25) is 0 Å². The Hall–Kier alpha value is -2.59. The second kappa shape index (κ2) is 7.57. The van der Waals surface area contributed by atoms with Crippen molar-refractivity contribution in [3.05, 3.63) is 99.3 Å². The number of benzene rings is 3. The summed E-state index contributed by atoms with van der Waals surface area (Å²) in [4.78, 5) is 0. The molecule has 1 N–H and O–H groups in total. The molecule has 3 aromatic carbocycles. The summed E-state index contributed by atoms with van der Waals surface area (Å²) in [6.45, 7) is 0.523. The van der Waals surface area contributed by atoms with Gasteiger partial charge in [-0.1, -0.05) is 58.4 Å². The van der Waals surface area contributed by atoms with Crippen molar-refractivity contribution >= 4 is 21.5 Å². The number of fused-ring (bicyclic) bond motifs is 1. The third kappa shape index (κ3) is 3.76. The quantitative estimate of drug-likeness (QED) is 0.539. The maximum atomic E-state index is 13.9. The average molecular weight is 425 g/mol. The SMILES string of the molecule is Oc1ccc(C2=C(Br)CCc3cc(OCc4ccccc4)ccc32)cc1F. The molecule has 0 radical (unpaired) electrons. The molecule has 3 aromatic rings. The number of phenols is 1. The van der Waals surface area contributed by atoms with Gasteiger partial charge in [-0.25, -0.2) is 4.39 Å². The standard InChI is InChI=1S/C23H18BrFO2/c24-20-10-6-16-12-18(27-14-15-4-2-1-3-5-15)8-9-19(16)23(20)17-7-11-22(26)21(25)13-17/h1-5,7-9,11-13,26H,6,10,14H2. The van der Waals surface area contributed by atoms with Crippen LogP contribution in [0.1, 0.15) is 28.7 Å². The molecule has 0 spiro atoms. The lowest BCUT2D eigenvalue weighted by Crippen LogP contribution is -2.05. The highest BCUT2D eigenvalue weighted by Crippen LogP contribution is 2.40. The second-order valence-corrected chi connectivity index (χ2v) is 7.50. The predicted molar refractivity (Wildman–Crippen MR) is 109 cm³/mol. The van der Waals surface area contributed by atoms with Crippen LogP contribution in [0.5, 0.6) is 11.5 Å². The Balaban J connectivity index is 1.63. The predicted octanol–water partition coefficient (Wildman–Crippen LogP) is 6.21. The van der Waals surface area contributed by atoms with Crippen molar-refractivity contribution in [1.29, 1.82) is 0 Å². The lowest BCUT2D eigenvalue weighted by molar-refractivity contribution is 0.306. The molecule has 0 atom stereocenters. The van der Waals surface area contributed by atoms with Crippen molar-refractivity contribution in [2.75, 3.05) is 0 Å². The summed E-state index contributed by atoms with van der Waals surface area (Å²) in [6, 6.07) is 20.6. The third-order valence-corrected chi connectivity index (χ3v) is 5.51. The number of ether oxygens (including phenoxy) is 1. The smallest absolute Gasteiger partial charge is 0.165 e. The number of halogens is 2. The van der Waals surface area contributed by atoms with E-state index in [1.54, 1.807) is 6.07 Å². The van der Waals surface area contributed by atoms with Crippen LogP contribution in [0.15, 0.2) is 71.2 Å². The van der Waals surface area contributed by atoms with E-state index in [0.29, 0.717) is 6.61 Å². The Morgan fingerprint density at radius 2 is 1.78 bits per heavy atom. The molecule has 0 saturated heterocycles. The van der Waals surface area contributed by atoms with Crippen LogP contribution in [-0.4, -0.2) is 5.11 Å². The van der Waals surface area contributed by atoms with E-state index in [1.165, 1.54) is 17.7 Å². The first-order valence-electron chi connectivity index (χ1n) is 8.79. The normalized spacial score (nSPS) is 13.4. The van der Waals surface area contributed by atoms with E-state index in [-0.39, 0.29) is 5.75 Å². The first-order chi connectivity index (χ1) is 13.1. The molecular formula is C23H18BrFO2. The van der Waals surface area contributed by atoms with Gasteiger partial charge in [0.1, 0.15) is 12.4 Å².